The van der Waals surface area contributed by atoms with Gasteiger partial charge in [-0.1, -0.05) is 12.8 Å². The smallest absolute Gasteiger partial charge is 0.119 e. The van der Waals surface area contributed by atoms with Crippen molar-refractivity contribution in [3.63, 3.8) is 0 Å². The van der Waals surface area contributed by atoms with Gasteiger partial charge in [0.2, 0.25) is 0 Å². The predicted molar refractivity (Wildman–Crippen MR) is 87.0 cm³/mol. The van der Waals surface area contributed by atoms with Gasteiger partial charge < -0.3 is 15.4 Å². The van der Waals surface area contributed by atoms with E-state index in [2.05, 4.69) is 21.9 Å². The molecular formula is C17H27N3O. The van der Waals surface area contributed by atoms with E-state index in [0.29, 0.717) is 12.1 Å². The zero-order valence-corrected chi connectivity index (χ0v) is 13.0. The third-order valence-electron chi connectivity index (χ3n) is 5.00. The molecule has 1 heterocycles. The van der Waals surface area contributed by atoms with E-state index in [1.54, 1.807) is 7.11 Å². The van der Waals surface area contributed by atoms with E-state index >= 15 is 0 Å². The molecule has 2 fully saturated rings. The fraction of sp³-hybridized carbons (Fsp3) is 0.647. The molecule has 1 saturated carbocycles. The molecule has 4 nitrogen and oxygen atoms in total. The van der Waals surface area contributed by atoms with Crippen molar-refractivity contribution >= 4 is 5.69 Å². The first kappa shape index (κ1) is 14.7. The van der Waals surface area contributed by atoms with Gasteiger partial charge in [-0.2, -0.15) is 0 Å². The Bertz CT molecular complexity index is 440. The Morgan fingerprint density at radius 1 is 1.00 bits per heavy atom. The first-order chi connectivity index (χ1) is 10.3. The topological polar surface area (TPSA) is 41.7 Å². The van der Waals surface area contributed by atoms with Crippen LogP contribution < -0.4 is 15.4 Å². The van der Waals surface area contributed by atoms with Gasteiger partial charge >= 0.3 is 0 Å². The molecule has 0 amide bonds. The number of benzene rings is 1. The number of ether oxygens (including phenoxy) is 1. The summed E-state index contributed by atoms with van der Waals surface area (Å²) in [6.45, 7) is 4.44. The number of methoxy groups -OCH3 is 1. The van der Waals surface area contributed by atoms with Crippen molar-refractivity contribution in [1.82, 2.24) is 4.90 Å². The third kappa shape index (κ3) is 3.33. The van der Waals surface area contributed by atoms with Crippen LogP contribution in [0, 0.1) is 0 Å². The fourth-order valence-electron chi connectivity index (χ4n) is 3.70. The maximum Gasteiger partial charge on any atom is 0.119 e. The fourth-order valence-corrected chi connectivity index (χ4v) is 3.70. The Hall–Kier alpha value is -1.26. The molecule has 2 atom stereocenters. The Morgan fingerprint density at radius 2 is 1.67 bits per heavy atom. The second-order valence-corrected chi connectivity index (χ2v) is 6.24. The van der Waals surface area contributed by atoms with Crippen LogP contribution in [-0.2, 0) is 0 Å². The van der Waals surface area contributed by atoms with Crippen molar-refractivity contribution in [2.45, 2.75) is 37.8 Å². The number of hydrogen-bond acceptors (Lipinski definition) is 4. The number of rotatable bonds is 3. The van der Waals surface area contributed by atoms with Crippen molar-refractivity contribution in [3.05, 3.63) is 24.3 Å². The minimum absolute atomic E-state index is 0.381. The summed E-state index contributed by atoms with van der Waals surface area (Å²) in [5.74, 6) is 0.922. The molecule has 0 aromatic heterocycles. The van der Waals surface area contributed by atoms with Crippen LogP contribution in [-0.4, -0.2) is 50.3 Å². The molecule has 116 valence electrons. The Labute approximate surface area is 127 Å². The van der Waals surface area contributed by atoms with Gasteiger partial charge in [0.1, 0.15) is 5.75 Å². The highest BCUT2D eigenvalue weighted by atomic mass is 16.5. The van der Waals surface area contributed by atoms with Crippen molar-refractivity contribution in [2.75, 3.05) is 38.2 Å². The summed E-state index contributed by atoms with van der Waals surface area (Å²) in [5, 5.41) is 0. The van der Waals surface area contributed by atoms with E-state index in [0.717, 1.165) is 31.9 Å². The number of nitrogens with zero attached hydrogens (tertiary/aromatic N) is 2. The van der Waals surface area contributed by atoms with Gasteiger partial charge in [-0.15, -0.1) is 0 Å². The minimum Gasteiger partial charge on any atom is -0.497 e. The van der Waals surface area contributed by atoms with Gasteiger partial charge in [0, 0.05) is 44.0 Å². The van der Waals surface area contributed by atoms with Gasteiger partial charge in [0.15, 0.2) is 0 Å². The molecule has 2 aliphatic rings. The van der Waals surface area contributed by atoms with Gasteiger partial charge in [-0.25, -0.2) is 0 Å². The number of anilines is 1. The van der Waals surface area contributed by atoms with E-state index < -0.39 is 0 Å². The summed E-state index contributed by atoms with van der Waals surface area (Å²) in [6.07, 6.45) is 5.13. The number of hydrogen-bond donors (Lipinski definition) is 1. The molecule has 1 saturated heterocycles. The second-order valence-electron chi connectivity index (χ2n) is 6.24. The summed E-state index contributed by atoms with van der Waals surface area (Å²) < 4.78 is 5.22. The number of nitrogens with two attached hydrogens (primary N) is 1. The molecule has 1 aromatic rings. The molecule has 0 spiro atoms. The molecule has 1 aliphatic carbocycles. The Kier molecular flexibility index (Phi) is 4.66. The minimum atomic E-state index is 0.381. The standard InChI is InChI=1S/C17H27N3O/c1-21-15-8-6-14(7-9-15)19-10-12-20(13-11-19)17-5-3-2-4-16(17)18/h6-9,16-17H,2-5,10-13,18H2,1H3. The summed E-state index contributed by atoms with van der Waals surface area (Å²) in [7, 11) is 1.71. The first-order valence-corrected chi connectivity index (χ1v) is 8.16. The second kappa shape index (κ2) is 6.67. The van der Waals surface area contributed by atoms with Gasteiger partial charge in [0.05, 0.1) is 7.11 Å². The quantitative estimate of drug-likeness (QED) is 0.925. The van der Waals surface area contributed by atoms with Crippen LogP contribution in [0.5, 0.6) is 5.75 Å². The summed E-state index contributed by atoms with van der Waals surface area (Å²) in [4.78, 5) is 5.08. The van der Waals surface area contributed by atoms with Crippen LogP contribution in [0.3, 0.4) is 0 Å². The Morgan fingerprint density at radius 3 is 2.29 bits per heavy atom. The number of piperazine rings is 1. The first-order valence-electron chi connectivity index (χ1n) is 8.16. The molecule has 21 heavy (non-hydrogen) atoms. The normalized spacial score (nSPS) is 27.6. The highest BCUT2D eigenvalue weighted by Gasteiger charge is 2.29. The zero-order valence-electron chi connectivity index (χ0n) is 13.0. The highest BCUT2D eigenvalue weighted by molar-refractivity contribution is 5.49. The summed E-state index contributed by atoms with van der Waals surface area (Å²) in [5.41, 5.74) is 7.61. The zero-order chi connectivity index (χ0) is 14.7. The van der Waals surface area contributed by atoms with Crippen LogP contribution >= 0.6 is 0 Å². The maximum absolute atomic E-state index is 6.32. The molecule has 4 heteroatoms. The molecule has 2 N–H and O–H groups in total. The van der Waals surface area contributed by atoms with E-state index in [4.69, 9.17) is 10.5 Å². The predicted octanol–water partition coefficient (Wildman–Crippen LogP) is 2.09. The van der Waals surface area contributed by atoms with Crippen LogP contribution in [0.1, 0.15) is 25.7 Å². The van der Waals surface area contributed by atoms with Crippen LogP contribution in [0.4, 0.5) is 5.69 Å². The van der Waals surface area contributed by atoms with Crippen LogP contribution in [0.2, 0.25) is 0 Å². The van der Waals surface area contributed by atoms with E-state index in [1.165, 1.54) is 31.4 Å². The van der Waals surface area contributed by atoms with Gasteiger partial charge in [-0.3, -0.25) is 4.90 Å². The largest absolute Gasteiger partial charge is 0.497 e. The highest BCUT2D eigenvalue weighted by Crippen LogP contribution is 2.25. The SMILES string of the molecule is COc1ccc(N2CCN(C3CCCCC3N)CC2)cc1. The van der Waals surface area contributed by atoms with Crippen molar-refractivity contribution in [1.29, 1.82) is 0 Å². The average Bonchev–Trinajstić information content (AvgIpc) is 2.56. The summed E-state index contributed by atoms with van der Waals surface area (Å²) >= 11 is 0. The lowest BCUT2D eigenvalue weighted by Gasteiger charge is -2.43. The molecule has 0 bridgehead atoms. The van der Waals surface area contributed by atoms with E-state index in [-0.39, 0.29) is 0 Å². The molecule has 1 aromatic carbocycles. The molecular weight excluding hydrogens is 262 g/mol. The van der Waals surface area contributed by atoms with Gasteiger partial charge in [-0.05, 0) is 37.1 Å². The van der Waals surface area contributed by atoms with Crippen molar-refractivity contribution in [2.24, 2.45) is 5.73 Å². The third-order valence-corrected chi connectivity index (χ3v) is 5.00. The molecule has 2 unspecified atom stereocenters. The lowest BCUT2D eigenvalue weighted by molar-refractivity contribution is 0.130. The van der Waals surface area contributed by atoms with Crippen LogP contribution in [0.25, 0.3) is 0 Å². The van der Waals surface area contributed by atoms with Gasteiger partial charge in [0.25, 0.3) is 0 Å². The van der Waals surface area contributed by atoms with E-state index in [9.17, 15) is 0 Å². The van der Waals surface area contributed by atoms with Crippen LogP contribution in [0.15, 0.2) is 24.3 Å². The molecule has 1 aliphatic heterocycles. The maximum atomic E-state index is 6.32. The van der Waals surface area contributed by atoms with E-state index in [1.807, 2.05) is 12.1 Å². The monoisotopic (exact) mass is 289 g/mol. The lowest BCUT2D eigenvalue weighted by Crippen LogP contribution is -2.56. The Balaban J connectivity index is 1.56. The van der Waals surface area contributed by atoms with Crippen molar-refractivity contribution in [3.8, 4) is 5.75 Å². The average molecular weight is 289 g/mol. The lowest BCUT2D eigenvalue weighted by atomic mass is 9.89. The van der Waals surface area contributed by atoms with Crippen molar-refractivity contribution < 1.29 is 4.74 Å². The molecule has 0 radical (unpaired) electrons. The summed E-state index contributed by atoms with van der Waals surface area (Å²) in [6, 6.07) is 9.38. The molecule has 3 rings (SSSR count).